The molecule has 232 valence electrons. The number of amides is 2. The van der Waals surface area contributed by atoms with E-state index in [0.717, 1.165) is 44.9 Å². The topological polar surface area (TPSA) is 89.9 Å². The molecule has 10 atom stereocenters. The molecular formula is C35H58N2O4. The quantitative estimate of drug-likeness (QED) is 0.377. The highest BCUT2D eigenvalue weighted by molar-refractivity contribution is 5.88. The summed E-state index contributed by atoms with van der Waals surface area (Å²) in [6, 6.07) is 0. The molecule has 2 amide bonds. The van der Waals surface area contributed by atoms with Crippen LogP contribution in [0.25, 0.3) is 0 Å². The first-order valence-corrected chi connectivity index (χ1v) is 16.6. The van der Waals surface area contributed by atoms with E-state index in [1.807, 2.05) is 0 Å². The molecule has 0 aliphatic heterocycles. The summed E-state index contributed by atoms with van der Waals surface area (Å²) in [6.07, 6.45) is 11.6. The molecule has 0 aromatic rings. The Morgan fingerprint density at radius 1 is 0.976 bits per heavy atom. The Kier molecular flexibility index (Phi) is 7.84. The lowest BCUT2D eigenvalue weighted by molar-refractivity contribution is -0.204. The van der Waals surface area contributed by atoms with E-state index < -0.39 is 5.41 Å². The van der Waals surface area contributed by atoms with Crippen molar-refractivity contribution in [3.8, 4) is 0 Å². The molecule has 6 nitrogen and oxygen atoms in total. The summed E-state index contributed by atoms with van der Waals surface area (Å²) in [5.41, 5.74) is 1.42. The minimum atomic E-state index is -0.464. The van der Waals surface area contributed by atoms with Gasteiger partial charge in [0.2, 0.25) is 11.8 Å². The van der Waals surface area contributed by atoms with Crippen molar-refractivity contribution in [2.45, 2.75) is 112 Å². The van der Waals surface area contributed by atoms with Crippen LogP contribution >= 0.6 is 0 Å². The second-order valence-electron chi connectivity index (χ2n) is 16.4. The van der Waals surface area contributed by atoms with E-state index in [2.05, 4.69) is 59.9 Å². The Morgan fingerprint density at radius 3 is 2.37 bits per heavy atom. The van der Waals surface area contributed by atoms with Crippen LogP contribution in [0.15, 0.2) is 11.6 Å². The fraction of sp³-hybridized carbons (Fsp3) is 0.886. The van der Waals surface area contributed by atoms with Gasteiger partial charge in [0.15, 0.2) is 0 Å². The number of fused-ring (bicyclic) bond motifs is 7. The molecule has 0 bridgehead atoms. The molecule has 4 fully saturated rings. The lowest BCUT2D eigenvalue weighted by Crippen LogP contribution is -2.66. The summed E-state index contributed by atoms with van der Waals surface area (Å²) in [6.45, 7) is 17.2. The second-order valence-corrected chi connectivity index (χ2v) is 16.4. The number of hydrogen-bond acceptors (Lipinski definition) is 4. The van der Waals surface area contributed by atoms with Gasteiger partial charge in [-0.2, -0.15) is 0 Å². The van der Waals surface area contributed by atoms with E-state index in [4.69, 9.17) is 0 Å². The number of hydrogen-bond donors (Lipinski definition) is 3. The number of carbonyl (C=O) groups is 2. The Balaban J connectivity index is 1.50. The summed E-state index contributed by atoms with van der Waals surface area (Å²) >= 11 is 0. The van der Waals surface area contributed by atoms with Crippen LogP contribution in [0, 0.1) is 56.7 Å². The summed E-state index contributed by atoms with van der Waals surface area (Å²) in [4.78, 5) is 28.3. The van der Waals surface area contributed by atoms with Gasteiger partial charge in [-0.25, -0.2) is 0 Å². The van der Waals surface area contributed by atoms with Crippen LogP contribution in [0.3, 0.4) is 0 Å². The SMILES string of the molecule is C[C@H]1[C@H](C)CC[C@]2(C(=O)NCC(=O)N(C)CCO)CC[C@]3(C)C(=CC[C@@H]4[C@@]5(C)CC[C@H](O)C(C)(C)[C@@H]5CC[C@]43C)[C@H]12. The zero-order valence-electron chi connectivity index (χ0n) is 27.2. The monoisotopic (exact) mass is 570 g/mol. The van der Waals surface area contributed by atoms with Crippen molar-refractivity contribution in [1.82, 2.24) is 10.2 Å². The first-order valence-electron chi connectivity index (χ1n) is 16.6. The molecule has 41 heavy (non-hydrogen) atoms. The van der Waals surface area contributed by atoms with Gasteiger partial charge in [0.25, 0.3) is 0 Å². The highest BCUT2D eigenvalue weighted by Gasteiger charge is 2.69. The third-order valence-corrected chi connectivity index (χ3v) is 14.7. The molecule has 0 unspecified atom stereocenters. The van der Waals surface area contributed by atoms with Gasteiger partial charge in [0.1, 0.15) is 0 Å². The molecular weight excluding hydrogens is 512 g/mol. The van der Waals surface area contributed by atoms with Crippen LogP contribution in [0.4, 0.5) is 0 Å². The summed E-state index contributed by atoms with van der Waals surface area (Å²) < 4.78 is 0. The molecule has 0 spiro atoms. The van der Waals surface area contributed by atoms with E-state index >= 15 is 0 Å². The number of aliphatic hydroxyl groups excluding tert-OH is 2. The predicted molar refractivity (Wildman–Crippen MR) is 163 cm³/mol. The number of allylic oxidation sites excluding steroid dienone is 2. The van der Waals surface area contributed by atoms with Crippen LogP contribution in [0.2, 0.25) is 0 Å². The third-order valence-electron chi connectivity index (χ3n) is 14.7. The first kappa shape index (κ1) is 31.0. The number of likely N-dealkylation sites (N-methyl/N-ethyl adjacent to an activating group) is 1. The van der Waals surface area contributed by atoms with Gasteiger partial charge in [-0.05, 0) is 109 Å². The highest BCUT2D eigenvalue weighted by Crippen LogP contribution is 2.75. The molecule has 4 saturated carbocycles. The van der Waals surface area contributed by atoms with Crippen molar-refractivity contribution in [1.29, 1.82) is 0 Å². The maximum atomic E-state index is 14.2. The Labute approximate surface area is 249 Å². The fourth-order valence-corrected chi connectivity index (χ4v) is 11.6. The standard InChI is InChI=1S/C35H58N2O4/c1-22-11-16-35(30(41)36-21-28(40)37(8)19-20-38)18-17-33(6)24(29(35)23(22)2)9-10-26-32(5)14-13-27(39)31(3,4)25(32)12-15-34(26,33)7/h9,22-23,25-27,29,38-39H,10-21H2,1-8H3,(H,36,41)/t22-,23+,25+,26-,27+,29+,32+,33-,34-,35+/m1/s1. The number of carbonyl (C=O) groups excluding carboxylic acids is 2. The van der Waals surface area contributed by atoms with Crippen molar-refractivity contribution in [3.63, 3.8) is 0 Å². The van der Waals surface area contributed by atoms with Crippen molar-refractivity contribution in [3.05, 3.63) is 11.6 Å². The van der Waals surface area contributed by atoms with Crippen molar-refractivity contribution < 1.29 is 19.8 Å². The number of rotatable bonds is 5. The molecule has 0 radical (unpaired) electrons. The fourth-order valence-electron chi connectivity index (χ4n) is 11.6. The van der Waals surface area contributed by atoms with E-state index in [-0.39, 0.29) is 65.2 Å². The van der Waals surface area contributed by atoms with Crippen molar-refractivity contribution in [2.24, 2.45) is 56.7 Å². The van der Waals surface area contributed by atoms with Gasteiger partial charge in [0, 0.05) is 13.6 Å². The molecule has 5 aliphatic carbocycles. The van der Waals surface area contributed by atoms with Crippen molar-refractivity contribution in [2.75, 3.05) is 26.7 Å². The van der Waals surface area contributed by atoms with Crippen LogP contribution in [0.1, 0.15) is 106 Å². The van der Waals surface area contributed by atoms with Gasteiger partial charge in [-0.1, -0.05) is 60.1 Å². The summed E-state index contributed by atoms with van der Waals surface area (Å²) in [5, 5.41) is 23.3. The molecule has 0 aromatic heterocycles. The molecule has 0 heterocycles. The van der Waals surface area contributed by atoms with Crippen LogP contribution in [-0.4, -0.2) is 59.8 Å². The van der Waals surface area contributed by atoms with Crippen LogP contribution in [-0.2, 0) is 9.59 Å². The number of nitrogens with zero attached hydrogens (tertiary/aromatic N) is 1. The van der Waals surface area contributed by atoms with Gasteiger partial charge in [-0.3, -0.25) is 9.59 Å². The molecule has 6 heteroatoms. The molecule has 5 rings (SSSR count). The van der Waals surface area contributed by atoms with E-state index in [9.17, 15) is 19.8 Å². The maximum absolute atomic E-state index is 14.2. The van der Waals surface area contributed by atoms with Gasteiger partial charge in [-0.15, -0.1) is 0 Å². The maximum Gasteiger partial charge on any atom is 0.241 e. The lowest BCUT2D eigenvalue weighted by atomic mass is 9.33. The Morgan fingerprint density at radius 2 is 1.68 bits per heavy atom. The zero-order chi connectivity index (χ0) is 30.2. The van der Waals surface area contributed by atoms with Gasteiger partial charge < -0.3 is 20.4 Å². The van der Waals surface area contributed by atoms with Crippen LogP contribution in [0.5, 0.6) is 0 Å². The van der Waals surface area contributed by atoms with E-state index in [0.29, 0.717) is 23.7 Å². The second kappa shape index (κ2) is 10.4. The highest BCUT2D eigenvalue weighted by atomic mass is 16.3. The minimum Gasteiger partial charge on any atom is -0.395 e. The molecule has 0 aromatic carbocycles. The molecule has 5 aliphatic rings. The summed E-state index contributed by atoms with van der Waals surface area (Å²) in [7, 11) is 1.68. The predicted octanol–water partition coefficient (Wildman–Crippen LogP) is 5.57. The van der Waals surface area contributed by atoms with Gasteiger partial charge in [0.05, 0.1) is 24.7 Å². The average Bonchev–Trinajstić information content (AvgIpc) is 2.92. The lowest BCUT2D eigenvalue weighted by Gasteiger charge is -2.71. The Bertz CT molecular complexity index is 1090. The normalized spacial score (nSPS) is 46.6. The summed E-state index contributed by atoms with van der Waals surface area (Å²) in [5.74, 6) is 2.16. The van der Waals surface area contributed by atoms with Crippen LogP contribution < -0.4 is 5.32 Å². The third kappa shape index (κ3) is 4.30. The smallest absolute Gasteiger partial charge is 0.241 e. The Hall–Kier alpha value is -1.40. The minimum absolute atomic E-state index is 0.00871. The van der Waals surface area contributed by atoms with E-state index in [1.165, 1.54) is 23.3 Å². The average molecular weight is 571 g/mol. The largest absolute Gasteiger partial charge is 0.395 e. The van der Waals surface area contributed by atoms with Crippen molar-refractivity contribution >= 4 is 11.8 Å². The van der Waals surface area contributed by atoms with E-state index in [1.54, 1.807) is 7.05 Å². The molecule has 3 N–H and O–H groups in total. The number of nitrogens with one attached hydrogen (secondary N) is 1. The van der Waals surface area contributed by atoms with Gasteiger partial charge >= 0.3 is 0 Å². The zero-order valence-corrected chi connectivity index (χ0v) is 27.2. The first-order chi connectivity index (χ1) is 19.1. The molecule has 0 saturated heterocycles. The number of aliphatic hydroxyl groups is 2.